The van der Waals surface area contributed by atoms with Crippen molar-refractivity contribution in [1.29, 1.82) is 0 Å². The molecule has 0 bridgehead atoms. The molecule has 1 heterocycles. The number of aromatic nitrogens is 1. The van der Waals surface area contributed by atoms with Crippen LogP contribution in [0.25, 0.3) is 0 Å². The number of nitrogens with zero attached hydrogens (tertiary/aromatic N) is 2. The summed E-state index contributed by atoms with van der Waals surface area (Å²) in [7, 11) is 0. The summed E-state index contributed by atoms with van der Waals surface area (Å²) in [5.41, 5.74) is 1.45. The Bertz CT molecular complexity index is 429. The van der Waals surface area contributed by atoms with Gasteiger partial charge in [-0.25, -0.2) is 4.98 Å². The molecule has 0 saturated carbocycles. The average molecular weight is 270 g/mol. The number of rotatable bonds is 6. The zero-order valence-electron chi connectivity index (χ0n) is 10.4. The molecule has 1 aromatic rings. The predicted molar refractivity (Wildman–Crippen MR) is 70.9 cm³/mol. The Morgan fingerprint density at radius 3 is 2.83 bits per heavy atom. The van der Waals surface area contributed by atoms with Gasteiger partial charge < -0.3 is 5.32 Å². The lowest BCUT2D eigenvalue weighted by atomic mass is 10.1. The molecule has 18 heavy (non-hydrogen) atoms. The first-order valence-corrected chi connectivity index (χ1v) is 6.03. The van der Waals surface area contributed by atoms with Gasteiger partial charge in [-0.2, -0.15) is 0 Å². The van der Waals surface area contributed by atoms with Gasteiger partial charge in [-0.1, -0.05) is 31.5 Å². The third kappa shape index (κ3) is 5.63. The van der Waals surface area contributed by atoms with E-state index in [1.54, 1.807) is 18.3 Å². The Kier molecular flexibility index (Phi) is 5.58. The summed E-state index contributed by atoms with van der Waals surface area (Å²) in [6.07, 6.45) is 3.06. The van der Waals surface area contributed by atoms with Crippen molar-refractivity contribution in [1.82, 2.24) is 10.3 Å². The van der Waals surface area contributed by atoms with E-state index in [4.69, 9.17) is 11.6 Å². The van der Waals surface area contributed by atoms with Gasteiger partial charge in [0.1, 0.15) is 5.15 Å². The van der Waals surface area contributed by atoms with Crippen molar-refractivity contribution in [2.75, 3.05) is 6.54 Å². The summed E-state index contributed by atoms with van der Waals surface area (Å²) >= 11 is 5.69. The monoisotopic (exact) mass is 269 g/mol. The molecule has 1 rings (SSSR count). The fourth-order valence-corrected chi connectivity index (χ4v) is 1.46. The summed E-state index contributed by atoms with van der Waals surface area (Å²) in [6.45, 7) is 4.78. The normalized spacial score (nSPS) is 11.7. The number of hydrogen-bond acceptors (Lipinski definition) is 4. The number of halogens is 1. The summed E-state index contributed by atoms with van der Waals surface area (Å²) in [4.78, 5) is 14.0. The predicted octanol–water partition coefficient (Wildman–Crippen LogP) is 2.64. The maximum Gasteiger partial charge on any atom is 0.253 e. The van der Waals surface area contributed by atoms with Gasteiger partial charge in [-0.3, -0.25) is 10.1 Å². The van der Waals surface area contributed by atoms with Crippen LogP contribution in [0.15, 0.2) is 30.2 Å². The lowest BCUT2D eigenvalue weighted by Crippen LogP contribution is -2.21. The topological polar surface area (TPSA) is 68.1 Å². The molecule has 0 atom stereocenters. The molecule has 5 nitrogen and oxygen atoms in total. The minimum atomic E-state index is -0.452. The summed E-state index contributed by atoms with van der Waals surface area (Å²) in [5.74, 6) is 0.420. The van der Waals surface area contributed by atoms with Crippen molar-refractivity contribution >= 4 is 11.6 Å². The van der Waals surface area contributed by atoms with Gasteiger partial charge in [0.25, 0.3) is 6.20 Å². The van der Waals surface area contributed by atoms with Crippen LogP contribution in [-0.4, -0.2) is 16.5 Å². The van der Waals surface area contributed by atoms with Crippen LogP contribution < -0.4 is 5.32 Å². The SMILES string of the molecule is CC(C)CN/C(=C/[N+](=O)[O-])Cc1ccc(Cl)nc1. The van der Waals surface area contributed by atoms with Gasteiger partial charge >= 0.3 is 0 Å². The molecule has 1 aromatic heterocycles. The van der Waals surface area contributed by atoms with Gasteiger partial charge in [-0.05, 0) is 17.5 Å². The lowest BCUT2D eigenvalue weighted by Gasteiger charge is -2.10. The molecular formula is C12H16ClN3O2. The minimum absolute atomic E-state index is 0.411. The molecule has 0 amide bonds. The molecule has 0 aliphatic rings. The van der Waals surface area contributed by atoms with Crippen molar-refractivity contribution in [3.8, 4) is 0 Å². The van der Waals surface area contributed by atoms with Crippen LogP contribution in [0.1, 0.15) is 19.4 Å². The average Bonchev–Trinajstić information content (AvgIpc) is 2.28. The molecule has 0 aromatic carbocycles. The van der Waals surface area contributed by atoms with E-state index in [-0.39, 0.29) is 0 Å². The van der Waals surface area contributed by atoms with Crippen LogP contribution in [0.2, 0.25) is 5.15 Å². The number of allylic oxidation sites excluding steroid dienone is 1. The highest BCUT2D eigenvalue weighted by Gasteiger charge is 2.06. The first-order valence-electron chi connectivity index (χ1n) is 5.66. The largest absolute Gasteiger partial charge is 0.383 e. The van der Waals surface area contributed by atoms with E-state index in [1.165, 1.54) is 0 Å². The molecule has 0 aliphatic carbocycles. The zero-order valence-corrected chi connectivity index (χ0v) is 11.1. The molecule has 6 heteroatoms. The molecule has 0 fully saturated rings. The van der Waals surface area contributed by atoms with Crippen LogP contribution in [0, 0.1) is 16.0 Å². The number of nitrogens with one attached hydrogen (secondary N) is 1. The number of nitro groups is 1. The first-order chi connectivity index (χ1) is 8.47. The smallest absolute Gasteiger partial charge is 0.253 e. The molecule has 0 aliphatic heterocycles. The van der Waals surface area contributed by atoms with E-state index in [1.807, 2.05) is 13.8 Å². The van der Waals surface area contributed by atoms with Crippen molar-refractivity contribution in [3.63, 3.8) is 0 Å². The van der Waals surface area contributed by atoms with Crippen LogP contribution in [-0.2, 0) is 6.42 Å². The Labute approximate surface area is 111 Å². The summed E-state index contributed by atoms with van der Waals surface area (Å²) in [6, 6.07) is 3.48. The van der Waals surface area contributed by atoms with E-state index in [0.717, 1.165) is 11.8 Å². The van der Waals surface area contributed by atoms with Crippen LogP contribution in [0.5, 0.6) is 0 Å². The highest BCUT2D eigenvalue weighted by atomic mass is 35.5. The van der Waals surface area contributed by atoms with Crippen molar-refractivity contribution in [2.45, 2.75) is 20.3 Å². The van der Waals surface area contributed by atoms with Crippen molar-refractivity contribution in [2.24, 2.45) is 5.92 Å². The second-order valence-corrected chi connectivity index (χ2v) is 4.77. The van der Waals surface area contributed by atoms with Crippen LogP contribution >= 0.6 is 11.6 Å². The van der Waals surface area contributed by atoms with Gasteiger partial charge in [-0.15, -0.1) is 0 Å². The van der Waals surface area contributed by atoms with Gasteiger partial charge in [0, 0.05) is 19.2 Å². The van der Waals surface area contributed by atoms with Crippen molar-refractivity contribution < 1.29 is 4.92 Å². The third-order valence-electron chi connectivity index (χ3n) is 2.18. The number of pyridine rings is 1. The standard InChI is InChI=1S/C12H16ClN3O2/c1-9(2)6-14-11(8-16(17)18)5-10-3-4-12(13)15-7-10/h3-4,7-9,14H,5-6H2,1-2H3/b11-8+. The van der Waals surface area contributed by atoms with E-state index >= 15 is 0 Å². The van der Waals surface area contributed by atoms with Gasteiger partial charge in [0.2, 0.25) is 0 Å². The Hall–Kier alpha value is -1.62. The molecular weight excluding hydrogens is 254 g/mol. The van der Waals surface area contributed by atoms with E-state index in [9.17, 15) is 10.1 Å². The maximum absolute atomic E-state index is 10.6. The zero-order chi connectivity index (χ0) is 13.5. The molecule has 0 radical (unpaired) electrons. The van der Waals surface area contributed by atoms with E-state index in [0.29, 0.717) is 29.7 Å². The van der Waals surface area contributed by atoms with E-state index in [2.05, 4.69) is 10.3 Å². The third-order valence-corrected chi connectivity index (χ3v) is 2.41. The molecule has 0 spiro atoms. The fraction of sp³-hybridized carbons (Fsp3) is 0.417. The second-order valence-electron chi connectivity index (χ2n) is 4.38. The highest BCUT2D eigenvalue weighted by molar-refractivity contribution is 6.29. The first kappa shape index (κ1) is 14.4. The fourth-order valence-electron chi connectivity index (χ4n) is 1.35. The Morgan fingerprint density at radius 2 is 2.33 bits per heavy atom. The quantitative estimate of drug-likeness (QED) is 0.490. The Balaban J connectivity index is 2.72. The second kappa shape index (κ2) is 6.96. The molecule has 0 saturated heterocycles. The van der Waals surface area contributed by atoms with E-state index < -0.39 is 4.92 Å². The minimum Gasteiger partial charge on any atom is -0.383 e. The van der Waals surface area contributed by atoms with Crippen LogP contribution in [0.4, 0.5) is 0 Å². The molecule has 0 unspecified atom stereocenters. The molecule has 1 N–H and O–H groups in total. The van der Waals surface area contributed by atoms with Gasteiger partial charge in [0.05, 0.1) is 10.6 Å². The molecule has 98 valence electrons. The summed E-state index contributed by atoms with van der Waals surface area (Å²) < 4.78 is 0. The van der Waals surface area contributed by atoms with Crippen LogP contribution in [0.3, 0.4) is 0 Å². The van der Waals surface area contributed by atoms with Gasteiger partial charge in [0.15, 0.2) is 0 Å². The highest BCUT2D eigenvalue weighted by Crippen LogP contribution is 2.09. The summed E-state index contributed by atoms with van der Waals surface area (Å²) in [5, 5.41) is 14.0. The lowest BCUT2D eigenvalue weighted by molar-refractivity contribution is -0.403. The Morgan fingerprint density at radius 1 is 1.61 bits per heavy atom. The van der Waals surface area contributed by atoms with Crippen molar-refractivity contribution in [3.05, 3.63) is 51.1 Å². The number of hydrogen-bond donors (Lipinski definition) is 1. The maximum atomic E-state index is 10.6.